The van der Waals surface area contributed by atoms with Crippen molar-refractivity contribution in [3.05, 3.63) is 23.8 Å². The molecule has 1 saturated heterocycles. The van der Waals surface area contributed by atoms with E-state index >= 15 is 0 Å². The number of fused-ring (bicyclic) bond motifs is 1. The molecule has 3 N–H and O–H groups in total. The molecule has 2 aliphatic rings. The Morgan fingerprint density at radius 1 is 1.29 bits per heavy atom. The predicted octanol–water partition coefficient (Wildman–Crippen LogP) is 1.31. The van der Waals surface area contributed by atoms with Gasteiger partial charge in [-0.05, 0) is 17.7 Å². The highest BCUT2D eigenvalue weighted by atomic mass is 35.5. The smallest absolute Gasteiger partial charge is 0.231 e. The molecular formula is C13H19Cl2N3O3. The Morgan fingerprint density at radius 2 is 2.10 bits per heavy atom. The summed E-state index contributed by atoms with van der Waals surface area (Å²) >= 11 is 0. The van der Waals surface area contributed by atoms with Crippen molar-refractivity contribution < 1.29 is 14.3 Å². The molecule has 2 heterocycles. The fourth-order valence-corrected chi connectivity index (χ4v) is 2.18. The van der Waals surface area contributed by atoms with E-state index in [4.69, 9.17) is 20.0 Å². The third-order valence-electron chi connectivity index (χ3n) is 3.30. The van der Waals surface area contributed by atoms with E-state index in [9.17, 15) is 0 Å². The van der Waals surface area contributed by atoms with Crippen LogP contribution >= 0.6 is 24.8 Å². The Labute approximate surface area is 135 Å². The van der Waals surface area contributed by atoms with Crippen molar-refractivity contribution in [2.24, 2.45) is 16.8 Å². The second-order valence-electron chi connectivity index (χ2n) is 4.61. The van der Waals surface area contributed by atoms with Gasteiger partial charge in [0.25, 0.3) is 0 Å². The van der Waals surface area contributed by atoms with Gasteiger partial charge in [-0.25, -0.2) is 0 Å². The van der Waals surface area contributed by atoms with Crippen LogP contribution in [-0.2, 0) is 11.4 Å². The molecule has 0 saturated carbocycles. The lowest BCUT2D eigenvalue weighted by atomic mass is 10.1. The zero-order valence-electron chi connectivity index (χ0n) is 11.4. The molecule has 118 valence electrons. The number of rotatable bonds is 4. The van der Waals surface area contributed by atoms with E-state index in [-0.39, 0.29) is 37.5 Å². The van der Waals surface area contributed by atoms with Gasteiger partial charge in [0.05, 0.1) is 5.71 Å². The molecule has 1 aromatic carbocycles. The van der Waals surface area contributed by atoms with Crippen molar-refractivity contribution in [1.29, 1.82) is 0 Å². The number of hydrogen-bond acceptors (Lipinski definition) is 6. The predicted molar refractivity (Wildman–Crippen MR) is 84.7 cm³/mol. The topological polar surface area (TPSA) is 78.1 Å². The number of nitrogens with one attached hydrogen (secondary N) is 1. The maximum Gasteiger partial charge on any atom is 0.231 e. The summed E-state index contributed by atoms with van der Waals surface area (Å²) in [5, 5.41) is 7.40. The van der Waals surface area contributed by atoms with Gasteiger partial charge in [0.1, 0.15) is 6.61 Å². The molecule has 0 radical (unpaired) electrons. The highest BCUT2D eigenvalue weighted by molar-refractivity contribution is 5.90. The van der Waals surface area contributed by atoms with Crippen LogP contribution in [0.3, 0.4) is 0 Å². The first-order valence-electron chi connectivity index (χ1n) is 6.35. The van der Waals surface area contributed by atoms with E-state index < -0.39 is 0 Å². The zero-order valence-corrected chi connectivity index (χ0v) is 13.0. The Kier molecular flexibility index (Phi) is 7.04. The number of hydrogen-bond donors (Lipinski definition) is 2. The molecule has 1 fully saturated rings. The van der Waals surface area contributed by atoms with E-state index in [2.05, 4.69) is 10.5 Å². The van der Waals surface area contributed by atoms with Crippen LogP contribution in [0.2, 0.25) is 0 Å². The first-order valence-corrected chi connectivity index (χ1v) is 6.35. The SMILES string of the molecule is Cl.Cl.NCC1CNC/C1=N\OCc1ccc2c(c1)OCO2. The number of ether oxygens (including phenoxy) is 2. The summed E-state index contributed by atoms with van der Waals surface area (Å²) in [7, 11) is 0. The van der Waals surface area contributed by atoms with Gasteiger partial charge < -0.3 is 25.4 Å². The number of nitrogens with two attached hydrogens (primary N) is 1. The Bertz CT molecular complexity index is 500. The lowest BCUT2D eigenvalue weighted by molar-refractivity contribution is 0.129. The van der Waals surface area contributed by atoms with Crippen LogP contribution in [0.25, 0.3) is 0 Å². The molecular weight excluding hydrogens is 317 g/mol. The first kappa shape index (κ1) is 17.8. The summed E-state index contributed by atoms with van der Waals surface area (Å²) < 4.78 is 10.6. The third kappa shape index (κ3) is 4.14. The minimum Gasteiger partial charge on any atom is -0.454 e. The van der Waals surface area contributed by atoms with E-state index in [0.717, 1.165) is 35.9 Å². The largest absolute Gasteiger partial charge is 0.454 e. The van der Waals surface area contributed by atoms with Crippen molar-refractivity contribution in [2.75, 3.05) is 26.4 Å². The molecule has 1 unspecified atom stereocenters. The monoisotopic (exact) mass is 335 g/mol. The average Bonchev–Trinajstić information content (AvgIpc) is 3.06. The van der Waals surface area contributed by atoms with E-state index in [0.29, 0.717) is 13.2 Å². The molecule has 0 spiro atoms. The summed E-state index contributed by atoms with van der Waals surface area (Å²) in [6.07, 6.45) is 0. The van der Waals surface area contributed by atoms with Gasteiger partial charge in [-0.1, -0.05) is 11.2 Å². The molecule has 3 rings (SSSR count). The summed E-state index contributed by atoms with van der Waals surface area (Å²) in [6.45, 7) is 2.92. The number of nitrogens with zero attached hydrogens (tertiary/aromatic N) is 1. The second kappa shape index (κ2) is 8.29. The molecule has 1 atom stereocenters. The minimum atomic E-state index is 0. The van der Waals surface area contributed by atoms with Crippen LogP contribution in [0.5, 0.6) is 11.5 Å². The molecule has 0 aliphatic carbocycles. The standard InChI is InChI=1S/C13H17N3O3.2ClH/c14-4-10-5-15-6-11(10)16-19-7-9-1-2-12-13(3-9)18-8-17-12;;/h1-3,10,15H,4-8,14H2;2*1H/b16-11+;;. The maximum atomic E-state index is 5.66. The van der Waals surface area contributed by atoms with Crippen molar-refractivity contribution in [2.45, 2.75) is 6.61 Å². The van der Waals surface area contributed by atoms with Gasteiger partial charge in [-0.15, -0.1) is 24.8 Å². The maximum absolute atomic E-state index is 5.66. The summed E-state index contributed by atoms with van der Waals surface area (Å²) in [5.41, 5.74) is 7.65. The van der Waals surface area contributed by atoms with E-state index in [1.54, 1.807) is 0 Å². The van der Waals surface area contributed by atoms with E-state index in [1.807, 2.05) is 18.2 Å². The van der Waals surface area contributed by atoms with Gasteiger partial charge in [0, 0.05) is 25.6 Å². The van der Waals surface area contributed by atoms with Crippen LogP contribution in [0.4, 0.5) is 0 Å². The summed E-state index contributed by atoms with van der Waals surface area (Å²) in [4.78, 5) is 5.39. The lowest BCUT2D eigenvalue weighted by Crippen LogP contribution is -2.22. The summed E-state index contributed by atoms with van der Waals surface area (Å²) in [6, 6.07) is 5.74. The van der Waals surface area contributed by atoms with Crippen LogP contribution in [0.1, 0.15) is 5.56 Å². The zero-order chi connectivity index (χ0) is 13.1. The minimum absolute atomic E-state index is 0. The lowest BCUT2D eigenvalue weighted by Gasteiger charge is -2.06. The van der Waals surface area contributed by atoms with E-state index in [1.165, 1.54) is 0 Å². The second-order valence-corrected chi connectivity index (χ2v) is 4.61. The van der Waals surface area contributed by atoms with Crippen LogP contribution in [0.15, 0.2) is 23.4 Å². The van der Waals surface area contributed by atoms with Crippen LogP contribution in [-0.4, -0.2) is 32.1 Å². The first-order chi connectivity index (χ1) is 9.36. The van der Waals surface area contributed by atoms with Gasteiger partial charge in [-0.3, -0.25) is 0 Å². The molecule has 1 aromatic rings. The molecule has 2 aliphatic heterocycles. The van der Waals surface area contributed by atoms with Crippen LogP contribution in [0, 0.1) is 5.92 Å². The number of oxime groups is 1. The van der Waals surface area contributed by atoms with Crippen molar-refractivity contribution in [3.63, 3.8) is 0 Å². The van der Waals surface area contributed by atoms with Crippen molar-refractivity contribution in [1.82, 2.24) is 5.32 Å². The molecule has 8 heteroatoms. The Balaban J connectivity index is 0.00000110. The van der Waals surface area contributed by atoms with Gasteiger partial charge >= 0.3 is 0 Å². The number of halogens is 2. The van der Waals surface area contributed by atoms with Crippen molar-refractivity contribution in [3.8, 4) is 11.5 Å². The van der Waals surface area contributed by atoms with Gasteiger partial charge in [0.15, 0.2) is 11.5 Å². The van der Waals surface area contributed by atoms with Gasteiger partial charge in [0.2, 0.25) is 6.79 Å². The molecule has 0 amide bonds. The highest BCUT2D eigenvalue weighted by Gasteiger charge is 2.21. The van der Waals surface area contributed by atoms with Crippen LogP contribution < -0.4 is 20.5 Å². The Morgan fingerprint density at radius 3 is 2.90 bits per heavy atom. The quantitative estimate of drug-likeness (QED) is 0.811. The van der Waals surface area contributed by atoms with Crippen molar-refractivity contribution >= 4 is 30.5 Å². The fraction of sp³-hybridized carbons (Fsp3) is 0.462. The third-order valence-corrected chi connectivity index (χ3v) is 3.30. The molecule has 0 bridgehead atoms. The average molecular weight is 336 g/mol. The Hall–Kier alpha value is -1.21. The fourth-order valence-electron chi connectivity index (χ4n) is 2.18. The normalized spacial score (nSPS) is 20.8. The molecule has 6 nitrogen and oxygen atoms in total. The van der Waals surface area contributed by atoms with Gasteiger partial charge in [-0.2, -0.15) is 0 Å². The highest BCUT2D eigenvalue weighted by Crippen LogP contribution is 2.32. The summed E-state index contributed by atoms with van der Waals surface area (Å²) in [5.74, 6) is 1.83. The number of benzene rings is 1. The molecule has 21 heavy (non-hydrogen) atoms. The molecule has 0 aromatic heterocycles.